The molecule has 1 rings (SSSR count). The van der Waals surface area contributed by atoms with E-state index in [2.05, 4.69) is 32.4 Å². The molecule has 0 aliphatic rings. The fourth-order valence-corrected chi connectivity index (χ4v) is 2.75. The molecule has 114 valence electrons. The number of halogens is 1. The number of hydrogen-bond donors (Lipinski definition) is 1. The second-order valence-electron chi connectivity index (χ2n) is 5.92. The molecule has 0 bridgehead atoms. The predicted molar refractivity (Wildman–Crippen MR) is 94.3 cm³/mol. The minimum atomic E-state index is -0.0665. The van der Waals surface area contributed by atoms with Gasteiger partial charge in [-0.25, -0.2) is 0 Å². The Morgan fingerprint density at radius 1 is 1.25 bits per heavy atom. The van der Waals surface area contributed by atoms with Gasteiger partial charge in [0, 0.05) is 9.77 Å². The summed E-state index contributed by atoms with van der Waals surface area (Å²) < 4.78 is 5.76. The third-order valence-electron chi connectivity index (χ3n) is 3.28. The first kappa shape index (κ1) is 18.1. The maximum atomic E-state index is 6.19. The van der Waals surface area contributed by atoms with Crippen LogP contribution in [-0.2, 0) is 0 Å². The van der Waals surface area contributed by atoms with Crippen molar-refractivity contribution in [1.82, 2.24) is 0 Å². The first-order valence-corrected chi connectivity index (χ1v) is 9.38. The van der Waals surface area contributed by atoms with Gasteiger partial charge < -0.3 is 4.74 Å². The molecule has 1 nitrogen and oxygen atoms in total. The molecule has 4 heteroatoms. The van der Waals surface area contributed by atoms with Crippen LogP contribution < -0.4 is 4.74 Å². The zero-order valence-corrected chi connectivity index (χ0v) is 15.0. The average molecular weight is 333 g/mol. The van der Waals surface area contributed by atoms with Gasteiger partial charge in [-0.1, -0.05) is 30.6 Å². The van der Waals surface area contributed by atoms with Crippen molar-refractivity contribution in [2.75, 3.05) is 6.61 Å². The van der Waals surface area contributed by atoms with Crippen LogP contribution >= 0.6 is 34.1 Å². The molecule has 0 saturated carbocycles. The van der Waals surface area contributed by atoms with Crippen LogP contribution in [0.15, 0.2) is 29.2 Å². The van der Waals surface area contributed by atoms with Crippen molar-refractivity contribution in [3.05, 3.63) is 24.3 Å². The van der Waals surface area contributed by atoms with Gasteiger partial charge in [-0.3, -0.25) is 0 Å². The molecule has 0 saturated heterocycles. The highest BCUT2D eigenvalue weighted by atomic mass is 35.5. The van der Waals surface area contributed by atoms with Gasteiger partial charge in [-0.2, -0.15) is 0 Å². The molecule has 0 aromatic heterocycles. The van der Waals surface area contributed by atoms with Gasteiger partial charge in [0.1, 0.15) is 5.75 Å². The Balaban J connectivity index is 2.16. The number of ether oxygens (including phenoxy) is 1. The van der Waals surface area contributed by atoms with Gasteiger partial charge in [0.25, 0.3) is 0 Å². The van der Waals surface area contributed by atoms with Crippen LogP contribution in [0, 0.1) is 5.92 Å². The first-order chi connectivity index (χ1) is 9.40. The second kappa shape index (κ2) is 9.11. The number of alkyl halides is 1. The van der Waals surface area contributed by atoms with Gasteiger partial charge in [0.2, 0.25) is 0 Å². The highest BCUT2D eigenvalue weighted by molar-refractivity contribution is 8.68. The molecule has 0 heterocycles. The highest BCUT2D eigenvalue weighted by Crippen LogP contribution is 2.25. The Morgan fingerprint density at radius 2 is 1.90 bits per heavy atom. The summed E-state index contributed by atoms with van der Waals surface area (Å²) in [5, 5.41) is 0. The van der Waals surface area contributed by atoms with E-state index in [-0.39, 0.29) is 4.87 Å². The van der Waals surface area contributed by atoms with E-state index in [0.29, 0.717) is 5.92 Å². The largest absolute Gasteiger partial charge is 0.494 e. The normalized spacial score (nSPS) is 13.2. The number of rotatable bonds is 9. The number of thiol groups is 1. The van der Waals surface area contributed by atoms with Gasteiger partial charge in [-0.05, 0) is 56.9 Å². The zero-order chi connectivity index (χ0) is 15.0. The summed E-state index contributed by atoms with van der Waals surface area (Å²) in [6, 6.07) is 8.05. The van der Waals surface area contributed by atoms with Crippen molar-refractivity contribution in [2.45, 2.75) is 56.2 Å². The van der Waals surface area contributed by atoms with Crippen LogP contribution in [0.25, 0.3) is 0 Å². The minimum Gasteiger partial charge on any atom is -0.494 e. The fraction of sp³-hybridized carbons (Fsp3) is 0.625. The summed E-state index contributed by atoms with van der Waals surface area (Å²) in [5.74, 6) is 1.62. The highest BCUT2D eigenvalue weighted by Gasteiger charge is 2.13. The Hall–Kier alpha value is 0.01000. The van der Waals surface area contributed by atoms with Crippen molar-refractivity contribution in [3.8, 4) is 5.75 Å². The standard InChI is InChI=1S/C16H25ClOS2/c1-13(5-4-11-16(2,3)17)10-12-18-14-6-8-15(20-19)9-7-14/h6-9,13,19H,4-5,10-12H2,1-3H3. The van der Waals surface area contributed by atoms with E-state index >= 15 is 0 Å². The Morgan fingerprint density at radius 3 is 2.45 bits per heavy atom. The quantitative estimate of drug-likeness (QED) is 0.327. The Kier molecular flexibility index (Phi) is 8.23. The molecule has 20 heavy (non-hydrogen) atoms. The van der Waals surface area contributed by atoms with Crippen molar-refractivity contribution in [1.29, 1.82) is 0 Å². The van der Waals surface area contributed by atoms with Crippen LogP contribution in [0.3, 0.4) is 0 Å². The molecule has 0 radical (unpaired) electrons. The Labute approximate surface area is 137 Å². The lowest BCUT2D eigenvalue weighted by Crippen LogP contribution is -2.11. The molecular formula is C16H25ClOS2. The van der Waals surface area contributed by atoms with Gasteiger partial charge in [0.15, 0.2) is 0 Å². The van der Waals surface area contributed by atoms with Crippen LogP contribution in [0.1, 0.15) is 46.5 Å². The molecule has 1 aromatic rings. The molecule has 0 aliphatic carbocycles. The van der Waals surface area contributed by atoms with E-state index in [1.807, 2.05) is 24.3 Å². The predicted octanol–water partition coefficient (Wildman–Crippen LogP) is 6.22. The summed E-state index contributed by atoms with van der Waals surface area (Å²) in [5.41, 5.74) is 0. The van der Waals surface area contributed by atoms with Crippen molar-refractivity contribution < 1.29 is 4.74 Å². The van der Waals surface area contributed by atoms with Gasteiger partial charge >= 0.3 is 0 Å². The smallest absolute Gasteiger partial charge is 0.119 e. The maximum Gasteiger partial charge on any atom is 0.119 e. The molecule has 0 spiro atoms. The van der Waals surface area contributed by atoms with Gasteiger partial charge in [-0.15, -0.1) is 23.3 Å². The molecule has 0 fully saturated rings. The maximum absolute atomic E-state index is 6.19. The summed E-state index contributed by atoms with van der Waals surface area (Å²) in [7, 11) is 1.45. The summed E-state index contributed by atoms with van der Waals surface area (Å²) >= 11 is 10.4. The molecule has 1 aromatic carbocycles. The molecule has 1 atom stereocenters. The van der Waals surface area contributed by atoms with Gasteiger partial charge in [0.05, 0.1) is 6.61 Å². The Bertz CT molecular complexity index is 373. The fourth-order valence-electron chi connectivity index (χ4n) is 1.99. The number of hydrogen-bond acceptors (Lipinski definition) is 3. The van der Waals surface area contributed by atoms with Crippen molar-refractivity contribution in [3.63, 3.8) is 0 Å². The monoisotopic (exact) mass is 332 g/mol. The van der Waals surface area contributed by atoms with E-state index in [4.69, 9.17) is 16.3 Å². The molecular weight excluding hydrogens is 308 g/mol. The zero-order valence-electron chi connectivity index (χ0n) is 12.6. The summed E-state index contributed by atoms with van der Waals surface area (Å²) in [4.78, 5) is 1.07. The van der Waals surface area contributed by atoms with Crippen LogP contribution in [0.5, 0.6) is 5.75 Å². The van der Waals surface area contributed by atoms with E-state index in [1.165, 1.54) is 23.6 Å². The van der Waals surface area contributed by atoms with Crippen LogP contribution in [0.4, 0.5) is 0 Å². The SMILES string of the molecule is CC(CCCC(C)(C)Cl)CCOc1ccc(SS)cc1. The third-order valence-corrected chi connectivity index (χ3v) is 4.58. The summed E-state index contributed by atoms with van der Waals surface area (Å²) in [6.45, 7) is 7.22. The van der Waals surface area contributed by atoms with Crippen molar-refractivity contribution >= 4 is 34.1 Å². The molecule has 0 aliphatic heterocycles. The molecule has 1 unspecified atom stereocenters. The second-order valence-corrected chi connectivity index (χ2v) is 8.14. The minimum absolute atomic E-state index is 0.0665. The van der Waals surface area contributed by atoms with E-state index in [1.54, 1.807) is 0 Å². The van der Waals surface area contributed by atoms with E-state index < -0.39 is 0 Å². The number of benzene rings is 1. The van der Waals surface area contributed by atoms with E-state index in [0.717, 1.165) is 30.1 Å². The van der Waals surface area contributed by atoms with Crippen LogP contribution in [-0.4, -0.2) is 11.5 Å². The lowest BCUT2D eigenvalue weighted by atomic mass is 9.97. The van der Waals surface area contributed by atoms with E-state index in [9.17, 15) is 0 Å². The lowest BCUT2D eigenvalue weighted by molar-refractivity contribution is 0.276. The van der Waals surface area contributed by atoms with Crippen molar-refractivity contribution in [2.24, 2.45) is 5.92 Å². The summed E-state index contributed by atoms with van der Waals surface area (Å²) in [6.07, 6.45) is 4.56. The lowest BCUT2D eigenvalue weighted by Gasteiger charge is -2.17. The topological polar surface area (TPSA) is 9.23 Å². The third kappa shape index (κ3) is 8.33. The average Bonchev–Trinajstić information content (AvgIpc) is 2.38. The molecule has 0 N–H and O–H groups in total. The van der Waals surface area contributed by atoms with Crippen LogP contribution in [0.2, 0.25) is 0 Å². The first-order valence-electron chi connectivity index (χ1n) is 7.14. The molecule has 0 amide bonds.